The number of hydrogen-bond donors (Lipinski definition) is 0. The average molecular weight is 358 g/mol. The first-order valence-electron chi connectivity index (χ1n) is 8.43. The number of hydrogen-bond acceptors (Lipinski definition) is 1. The van der Waals surface area contributed by atoms with Crippen molar-refractivity contribution in [1.82, 2.24) is 0 Å². The molecule has 0 bridgehead atoms. The molecule has 124 valence electrons. The molecule has 0 radical (unpaired) electrons. The van der Waals surface area contributed by atoms with Crippen molar-refractivity contribution in [1.29, 1.82) is 0 Å². The van der Waals surface area contributed by atoms with Gasteiger partial charge in [0.25, 0.3) is 0 Å². The van der Waals surface area contributed by atoms with E-state index in [1.165, 1.54) is 22.0 Å². The summed E-state index contributed by atoms with van der Waals surface area (Å²) >= 11 is 0. The summed E-state index contributed by atoms with van der Waals surface area (Å²) in [5.74, 6) is 0. The highest BCUT2D eigenvalue weighted by Gasteiger charge is 2.31. The molecule has 2 aromatic carbocycles. The van der Waals surface area contributed by atoms with Crippen molar-refractivity contribution in [2.24, 2.45) is 0 Å². The molecular weight excluding hydrogens is 326 g/mol. The number of nitrogens with zero attached hydrogens (tertiary/aromatic N) is 1. The molecule has 2 aromatic rings. The van der Waals surface area contributed by atoms with Crippen molar-refractivity contribution in [2.75, 3.05) is 19.0 Å². The maximum Gasteiger partial charge on any atom is 0.0521 e. The number of rotatable bonds is 4. The van der Waals surface area contributed by atoms with Crippen LogP contribution in [0, 0.1) is 0 Å². The molecule has 23 heavy (non-hydrogen) atoms. The first-order chi connectivity index (χ1) is 10.5. The van der Waals surface area contributed by atoms with E-state index in [1.54, 1.807) is 0 Å². The Morgan fingerprint density at radius 3 is 1.83 bits per heavy atom. The maximum absolute atomic E-state index is 2.72. The van der Waals surface area contributed by atoms with Crippen molar-refractivity contribution >= 4 is 44.8 Å². The molecule has 0 spiro atoms. The fraction of sp³-hybridized carbons (Fsp3) is 0.421. The zero-order valence-electron chi connectivity index (χ0n) is 16.0. The van der Waals surface area contributed by atoms with E-state index in [2.05, 4.69) is 100 Å². The summed E-state index contributed by atoms with van der Waals surface area (Å²) in [6.07, 6.45) is 0. The van der Waals surface area contributed by atoms with Gasteiger partial charge in [0.2, 0.25) is 0 Å². The molecule has 0 atom stereocenters. The fourth-order valence-electron chi connectivity index (χ4n) is 3.56. The van der Waals surface area contributed by atoms with Crippen LogP contribution in [0.5, 0.6) is 0 Å². The van der Waals surface area contributed by atoms with Gasteiger partial charge in [-0.05, 0) is 24.5 Å². The minimum absolute atomic E-state index is 0.426. The summed E-state index contributed by atoms with van der Waals surface area (Å²) in [5, 5.41) is 2.79. The van der Waals surface area contributed by atoms with E-state index in [9.17, 15) is 0 Å². The molecule has 0 saturated heterocycles. The van der Waals surface area contributed by atoms with Crippen LogP contribution in [0.3, 0.4) is 0 Å². The Morgan fingerprint density at radius 2 is 1.35 bits per heavy atom. The highest BCUT2D eigenvalue weighted by molar-refractivity contribution is 7.60. The molecule has 0 unspecified atom stereocenters. The van der Waals surface area contributed by atoms with Crippen LogP contribution in [0.1, 0.15) is 5.56 Å². The molecule has 0 saturated carbocycles. The van der Waals surface area contributed by atoms with Crippen LogP contribution in [-0.2, 0) is 0 Å². The van der Waals surface area contributed by atoms with Gasteiger partial charge in [-0.2, -0.15) is 0 Å². The van der Waals surface area contributed by atoms with Gasteiger partial charge in [0.15, 0.2) is 0 Å². The third-order valence-electron chi connectivity index (χ3n) is 4.31. The lowest BCUT2D eigenvalue weighted by Gasteiger charge is -2.31. The topological polar surface area (TPSA) is 3.24 Å². The molecule has 0 aliphatic rings. The van der Waals surface area contributed by atoms with Gasteiger partial charge in [0, 0.05) is 25.2 Å². The highest BCUT2D eigenvalue weighted by Crippen LogP contribution is 2.28. The van der Waals surface area contributed by atoms with E-state index in [4.69, 9.17) is 0 Å². The van der Waals surface area contributed by atoms with Gasteiger partial charge in [-0.1, -0.05) is 75.3 Å². The van der Waals surface area contributed by atoms with Crippen molar-refractivity contribution in [3.05, 3.63) is 42.0 Å². The number of anilines is 1. The zero-order valence-corrected chi connectivity index (χ0v) is 19.0. The molecule has 0 heterocycles. The normalized spacial score (nSPS) is 12.3. The predicted octanol–water partition coefficient (Wildman–Crippen LogP) is 4.97. The maximum atomic E-state index is 2.72. The first-order valence-corrected chi connectivity index (χ1v) is 19.0. The minimum atomic E-state index is -1.14. The lowest BCUT2D eigenvalue weighted by atomic mass is 10.0. The molecule has 0 N–H and O–H groups in total. The SMILES string of the molecule is CN(C)c1cccc2cccc(C=[Si]([Si](C)(C)C)[Si](C)(C)C)c12. The van der Waals surface area contributed by atoms with E-state index in [-0.39, 0.29) is 0 Å². The van der Waals surface area contributed by atoms with Crippen molar-refractivity contribution in [3.8, 4) is 0 Å². The summed E-state index contributed by atoms with van der Waals surface area (Å²) in [7, 11) is 1.58. The largest absolute Gasteiger partial charge is 0.377 e. The molecule has 0 aliphatic carbocycles. The lowest BCUT2D eigenvalue weighted by molar-refractivity contribution is 1.14. The van der Waals surface area contributed by atoms with Gasteiger partial charge in [-0.3, -0.25) is 0 Å². The van der Waals surface area contributed by atoms with Crippen LogP contribution < -0.4 is 4.90 Å². The molecule has 0 aliphatic heterocycles. The molecule has 0 amide bonds. The first kappa shape index (κ1) is 18.4. The summed E-state index contributed by atoms with van der Waals surface area (Å²) in [5.41, 5.74) is 5.52. The zero-order chi connectivity index (χ0) is 17.4. The van der Waals surface area contributed by atoms with Gasteiger partial charge >= 0.3 is 0 Å². The Kier molecular flexibility index (Phi) is 5.18. The predicted molar refractivity (Wildman–Crippen MR) is 116 cm³/mol. The van der Waals surface area contributed by atoms with E-state index in [0.29, 0.717) is 0 Å². The Labute approximate surface area is 145 Å². The van der Waals surface area contributed by atoms with Gasteiger partial charge in [-0.15, -0.1) is 0 Å². The van der Waals surface area contributed by atoms with Crippen LogP contribution in [0.4, 0.5) is 5.69 Å². The second-order valence-corrected chi connectivity index (χ2v) is 32.5. The smallest absolute Gasteiger partial charge is 0.0521 e. The summed E-state index contributed by atoms with van der Waals surface area (Å²) < 4.78 is 0. The highest BCUT2D eigenvalue weighted by atomic mass is 29.6. The van der Waals surface area contributed by atoms with Crippen molar-refractivity contribution in [2.45, 2.75) is 39.3 Å². The Hall–Kier alpha value is -0.979. The quantitative estimate of drug-likeness (QED) is 0.699. The van der Waals surface area contributed by atoms with Gasteiger partial charge in [-0.25, -0.2) is 0 Å². The van der Waals surface area contributed by atoms with Crippen molar-refractivity contribution < 1.29 is 0 Å². The number of fused-ring (bicyclic) bond motifs is 1. The van der Waals surface area contributed by atoms with E-state index in [1.807, 2.05) is 0 Å². The van der Waals surface area contributed by atoms with E-state index in [0.717, 1.165) is 0 Å². The molecule has 2 rings (SSSR count). The van der Waals surface area contributed by atoms with Crippen molar-refractivity contribution in [3.63, 3.8) is 0 Å². The molecule has 0 fully saturated rings. The average Bonchev–Trinajstić information content (AvgIpc) is 2.41. The fourth-order valence-corrected chi connectivity index (χ4v) is 37.8. The van der Waals surface area contributed by atoms with Crippen LogP contribution in [-0.4, -0.2) is 42.4 Å². The van der Waals surface area contributed by atoms with Crippen LogP contribution in [0.15, 0.2) is 36.4 Å². The van der Waals surface area contributed by atoms with Gasteiger partial charge < -0.3 is 4.90 Å². The Balaban J connectivity index is 2.80. The molecule has 0 aromatic heterocycles. The Bertz CT molecular complexity index is 713. The summed E-state index contributed by atoms with van der Waals surface area (Å²) in [6, 6.07) is 13.5. The third-order valence-corrected chi connectivity index (χ3v) is 32.2. The summed E-state index contributed by atoms with van der Waals surface area (Å²) in [6.45, 7) is 15.4. The third kappa shape index (κ3) is 4.11. The summed E-state index contributed by atoms with van der Waals surface area (Å²) in [4.78, 5) is 2.25. The lowest BCUT2D eigenvalue weighted by Crippen LogP contribution is -2.54. The second-order valence-electron chi connectivity index (χ2n) is 8.67. The minimum Gasteiger partial charge on any atom is -0.377 e. The number of benzene rings is 2. The van der Waals surface area contributed by atoms with Crippen LogP contribution in [0.25, 0.3) is 10.8 Å². The Morgan fingerprint density at radius 1 is 0.826 bits per heavy atom. The monoisotopic (exact) mass is 357 g/mol. The van der Waals surface area contributed by atoms with E-state index < -0.39 is 22.6 Å². The van der Waals surface area contributed by atoms with Gasteiger partial charge in [0.1, 0.15) is 0 Å². The van der Waals surface area contributed by atoms with Gasteiger partial charge in [0.05, 0.1) is 15.2 Å². The second kappa shape index (κ2) is 6.49. The molecular formula is C19H31NSi3. The van der Waals surface area contributed by atoms with Crippen LogP contribution >= 0.6 is 0 Å². The van der Waals surface area contributed by atoms with E-state index >= 15 is 0 Å². The molecule has 4 heteroatoms. The standard InChI is InChI=1S/C19H31NSi3/c1-20(2)18-14-10-12-16-11-9-13-17(19(16)18)15-21(22(3,4)5)23(6,7)8/h9-15H,1-8H3. The van der Waals surface area contributed by atoms with Crippen LogP contribution in [0.2, 0.25) is 39.3 Å². The molecule has 1 nitrogen and oxygen atoms in total.